The summed E-state index contributed by atoms with van der Waals surface area (Å²) < 4.78 is 5.35. The number of carbonyl (C=O) groups is 1. The Kier molecular flexibility index (Phi) is 5.85. The molecule has 0 spiro atoms. The van der Waals surface area contributed by atoms with Crippen molar-refractivity contribution >= 4 is 17.5 Å². The molecule has 2 aliphatic heterocycles. The van der Waals surface area contributed by atoms with Gasteiger partial charge < -0.3 is 19.8 Å². The lowest BCUT2D eigenvalue weighted by Crippen LogP contribution is -2.41. The number of nitrogens with one attached hydrogen (secondary N) is 2. The zero-order valence-corrected chi connectivity index (χ0v) is 19.6. The van der Waals surface area contributed by atoms with Crippen molar-refractivity contribution in [2.24, 2.45) is 5.92 Å². The number of nitrogens with zero attached hydrogens (tertiary/aromatic N) is 1. The van der Waals surface area contributed by atoms with Crippen molar-refractivity contribution in [1.82, 2.24) is 15.8 Å². The largest absolute Gasteiger partial charge is 0.508 e. The molecule has 8 heteroatoms. The molecule has 2 saturated heterocycles. The Bertz CT molecular complexity index is 1240. The summed E-state index contributed by atoms with van der Waals surface area (Å²) in [6.07, 6.45) is 0. The van der Waals surface area contributed by atoms with Crippen LogP contribution in [0.1, 0.15) is 34.3 Å². The third-order valence-electron chi connectivity index (χ3n) is 6.80. The molecular formula is C26H26ClN3O4. The first-order valence-electron chi connectivity index (χ1n) is 11.1. The number of amides is 1. The molecule has 0 radical (unpaired) electrons. The summed E-state index contributed by atoms with van der Waals surface area (Å²) in [6.45, 7) is 2.26. The second-order valence-corrected chi connectivity index (χ2v) is 9.22. The lowest BCUT2D eigenvalue weighted by Gasteiger charge is -2.32. The number of phenolic OH excluding ortho intramolecular Hbond substituents is 2. The third kappa shape index (κ3) is 3.76. The Morgan fingerprint density at radius 1 is 1.00 bits per heavy atom. The van der Waals surface area contributed by atoms with Crippen LogP contribution in [0.2, 0.25) is 5.02 Å². The van der Waals surface area contributed by atoms with E-state index in [0.717, 1.165) is 16.7 Å². The van der Waals surface area contributed by atoms with Gasteiger partial charge in [-0.1, -0.05) is 48.0 Å². The quantitative estimate of drug-likeness (QED) is 0.442. The lowest BCUT2D eigenvalue weighted by atomic mass is 9.82. The summed E-state index contributed by atoms with van der Waals surface area (Å²) in [6, 6.07) is 17.2. The highest BCUT2D eigenvalue weighted by atomic mass is 35.5. The first-order chi connectivity index (χ1) is 16.4. The maximum Gasteiger partial charge on any atom is 0.242 e. The fourth-order valence-corrected chi connectivity index (χ4v) is 5.30. The Balaban J connectivity index is 1.62. The molecule has 7 nitrogen and oxygen atoms in total. The number of hydrazine groups is 1. The molecule has 34 heavy (non-hydrogen) atoms. The minimum absolute atomic E-state index is 0.0314. The molecule has 2 heterocycles. The molecular weight excluding hydrogens is 454 g/mol. The van der Waals surface area contributed by atoms with Gasteiger partial charge >= 0.3 is 0 Å². The van der Waals surface area contributed by atoms with Crippen LogP contribution in [0.5, 0.6) is 17.2 Å². The summed E-state index contributed by atoms with van der Waals surface area (Å²) >= 11 is 6.40. The summed E-state index contributed by atoms with van der Waals surface area (Å²) in [5.41, 5.74) is 9.62. The fourth-order valence-electron chi connectivity index (χ4n) is 5.13. The van der Waals surface area contributed by atoms with Crippen LogP contribution in [0.25, 0.3) is 0 Å². The van der Waals surface area contributed by atoms with E-state index in [-0.39, 0.29) is 35.4 Å². The van der Waals surface area contributed by atoms with E-state index < -0.39 is 6.04 Å². The van der Waals surface area contributed by atoms with Gasteiger partial charge in [-0.15, -0.1) is 0 Å². The van der Waals surface area contributed by atoms with Crippen LogP contribution in [0.4, 0.5) is 0 Å². The number of aryl methyl sites for hydroxylation is 1. The molecule has 3 aromatic rings. The molecule has 176 valence electrons. The molecule has 4 atom stereocenters. The average Bonchev–Trinajstić information content (AvgIpc) is 3.37. The predicted octanol–water partition coefficient (Wildman–Crippen LogP) is 3.99. The normalized spacial score (nSPS) is 23.9. The summed E-state index contributed by atoms with van der Waals surface area (Å²) in [7, 11) is 1.50. The highest BCUT2D eigenvalue weighted by Gasteiger charge is 2.56. The number of benzene rings is 3. The fraction of sp³-hybridized carbons (Fsp3) is 0.269. The average molecular weight is 480 g/mol. The Hall–Kier alpha value is -3.26. The Labute approximate surface area is 202 Å². The highest BCUT2D eigenvalue weighted by Crippen LogP contribution is 2.50. The number of halogens is 1. The number of rotatable bonds is 5. The molecule has 0 aliphatic carbocycles. The zero-order valence-electron chi connectivity index (χ0n) is 18.8. The second kappa shape index (κ2) is 8.83. The van der Waals surface area contributed by atoms with Crippen molar-refractivity contribution in [2.75, 3.05) is 7.11 Å². The van der Waals surface area contributed by atoms with Gasteiger partial charge in [0.05, 0.1) is 19.2 Å². The predicted molar refractivity (Wildman–Crippen MR) is 129 cm³/mol. The van der Waals surface area contributed by atoms with Crippen LogP contribution in [0.15, 0.2) is 60.7 Å². The van der Waals surface area contributed by atoms with Gasteiger partial charge in [0, 0.05) is 23.0 Å². The van der Waals surface area contributed by atoms with Crippen molar-refractivity contribution in [1.29, 1.82) is 0 Å². The molecule has 5 rings (SSSR count). The van der Waals surface area contributed by atoms with Gasteiger partial charge in [0.25, 0.3) is 0 Å². The van der Waals surface area contributed by atoms with Gasteiger partial charge in [0.15, 0.2) is 11.5 Å². The Morgan fingerprint density at radius 3 is 2.47 bits per heavy atom. The van der Waals surface area contributed by atoms with Crippen molar-refractivity contribution in [3.8, 4) is 17.2 Å². The molecule has 4 N–H and O–H groups in total. The number of phenols is 2. The highest BCUT2D eigenvalue weighted by molar-refractivity contribution is 6.31. The first kappa shape index (κ1) is 22.5. The van der Waals surface area contributed by atoms with E-state index in [1.165, 1.54) is 7.11 Å². The topological polar surface area (TPSA) is 94.1 Å². The number of methoxy groups -OCH3 is 1. The van der Waals surface area contributed by atoms with Gasteiger partial charge in [-0.25, -0.2) is 10.9 Å². The lowest BCUT2D eigenvalue weighted by molar-refractivity contribution is -0.131. The van der Waals surface area contributed by atoms with Gasteiger partial charge in [-0.05, 0) is 47.9 Å². The van der Waals surface area contributed by atoms with Crippen LogP contribution in [0.3, 0.4) is 0 Å². The molecule has 4 unspecified atom stereocenters. The van der Waals surface area contributed by atoms with Gasteiger partial charge in [0.2, 0.25) is 5.91 Å². The minimum Gasteiger partial charge on any atom is -0.508 e. The van der Waals surface area contributed by atoms with E-state index in [2.05, 4.69) is 10.9 Å². The number of aromatic hydroxyl groups is 2. The van der Waals surface area contributed by atoms with Crippen LogP contribution in [0, 0.1) is 12.8 Å². The molecule has 0 aromatic heterocycles. The van der Waals surface area contributed by atoms with Gasteiger partial charge in [0.1, 0.15) is 11.8 Å². The van der Waals surface area contributed by atoms with E-state index in [4.69, 9.17) is 16.3 Å². The van der Waals surface area contributed by atoms with Crippen LogP contribution in [-0.2, 0) is 11.3 Å². The number of ether oxygens (including phenoxy) is 1. The van der Waals surface area contributed by atoms with Crippen molar-refractivity contribution in [3.05, 3.63) is 87.9 Å². The number of fused-ring (bicyclic) bond motifs is 1. The molecule has 1 amide bonds. The monoisotopic (exact) mass is 479 g/mol. The van der Waals surface area contributed by atoms with Gasteiger partial charge in [-0.3, -0.25) is 4.79 Å². The molecule has 0 bridgehead atoms. The summed E-state index contributed by atoms with van der Waals surface area (Å²) in [5.74, 6) is 0.195. The number of carbonyl (C=O) groups excluding carboxylic acids is 1. The maximum absolute atomic E-state index is 13.6. The molecule has 2 aliphatic rings. The van der Waals surface area contributed by atoms with E-state index >= 15 is 0 Å². The second-order valence-electron chi connectivity index (χ2n) is 8.81. The first-order valence-corrected chi connectivity index (χ1v) is 11.5. The molecule has 2 fully saturated rings. The molecule has 3 aromatic carbocycles. The SMILES string of the molecule is COc1cc(C2C3C(NNC3c3cc(Cl)c(C)cc3O)C(=O)N2Cc2ccccc2)ccc1O. The molecule has 0 saturated carbocycles. The maximum atomic E-state index is 13.6. The van der Waals surface area contributed by atoms with Crippen LogP contribution < -0.4 is 15.6 Å². The van der Waals surface area contributed by atoms with Crippen molar-refractivity contribution < 1.29 is 19.7 Å². The zero-order chi connectivity index (χ0) is 24.0. The van der Waals surface area contributed by atoms with E-state index in [1.54, 1.807) is 24.3 Å². The van der Waals surface area contributed by atoms with E-state index in [1.807, 2.05) is 48.2 Å². The smallest absolute Gasteiger partial charge is 0.242 e. The summed E-state index contributed by atoms with van der Waals surface area (Å²) in [5, 5.41) is 21.5. The van der Waals surface area contributed by atoms with Crippen LogP contribution >= 0.6 is 11.6 Å². The van der Waals surface area contributed by atoms with Crippen molar-refractivity contribution in [3.63, 3.8) is 0 Å². The van der Waals surface area contributed by atoms with E-state index in [0.29, 0.717) is 22.9 Å². The number of hydrogen-bond donors (Lipinski definition) is 4. The minimum atomic E-state index is -0.502. The van der Waals surface area contributed by atoms with Crippen LogP contribution in [-0.4, -0.2) is 34.2 Å². The third-order valence-corrected chi connectivity index (χ3v) is 7.20. The summed E-state index contributed by atoms with van der Waals surface area (Å²) in [4.78, 5) is 15.5. The van der Waals surface area contributed by atoms with Crippen molar-refractivity contribution in [2.45, 2.75) is 31.6 Å². The number of hydrogen-bond acceptors (Lipinski definition) is 6. The number of likely N-dealkylation sites (tertiary alicyclic amines) is 1. The van der Waals surface area contributed by atoms with Gasteiger partial charge in [-0.2, -0.15) is 0 Å². The standard InChI is InChI=1S/C26H26ClN3O4/c1-14-10-20(32)17(12-18(14)27)23-22-24(29-28-23)26(33)30(13-15-6-4-3-5-7-15)25(22)16-8-9-19(31)21(11-16)34-2/h3-12,22-25,28-29,31-32H,13H2,1-2H3. The Morgan fingerprint density at radius 2 is 1.74 bits per heavy atom. The van der Waals surface area contributed by atoms with E-state index in [9.17, 15) is 15.0 Å².